The number of piperidine rings is 1. The summed E-state index contributed by atoms with van der Waals surface area (Å²) < 4.78 is 7.31. The Kier molecular flexibility index (Phi) is 5.84. The highest BCUT2D eigenvalue weighted by Gasteiger charge is 2.31. The highest BCUT2D eigenvalue weighted by molar-refractivity contribution is 5.79. The van der Waals surface area contributed by atoms with Gasteiger partial charge >= 0.3 is 0 Å². The van der Waals surface area contributed by atoms with E-state index >= 15 is 0 Å². The number of likely N-dealkylation sites (tertiary alicyclic amines) is 1. The molecule has 8 nitrogen and oxygen atoms in total. The quantitative estimate of drug-likeness (QED) is 0.751. The van der Waals surface area contributed by atoms with Crippen LogP contribution in [0.4, 0.5) is 0 Å². The Hall–Kier alpha value is -2.19. The van der Waals surface area contributed by atoms with E-state index < -0.39 is 0 Å². The fraction of sp³-hybridized carbons (Fsp3) is 0.632. The molecule has 1 atom stereocenters. The maximum Gasteiger partial charge on any atom is 0.227 e. The summed E-state index contributed by atoms with van der Waals surface area (Å²) in [5, 5.41) is 4.14. The number of rotatable bonds is 6. The largest absolute Gasteiger partial charge is 0.468 e. The average molecular weight is 372 g/mol. The predicted molar refractivity (Wildman–Crippen MR) is 99.8 cm³/mol. The third-order valence-electron chi connectivity index (χ3n) is 5.61. The van der Waals surface area contributed by atoms with Crippen molar-refractivity contribution >= 4 is 5.91 Å². The van der Waals surface area contributed by atoms with Gasteiger partial charge in [-0.05, 0) is 31.5 Å². The number of furan rings is 1. The van der Waals surface area contributed by atoms with E-state index in [1.807, 2.05) is 16.8 Å². The molecule has 2 fully saturated rings. The maximum absolute atomic E-state index is 13.0. The van der Waals surface area contributed by atoms with Crippen molar-refractivity contribution < 1.29 is 9.21 Å². The van der Waals surface area contributed by atoms with E-state index in [1.54, 1.807) is 18.9 Å². The van der Waals surface area contributed by atoms with Gasteiger partial charge < -0.3 is 9.32 Å². The first-order valence-electron chi connectivity index (χ1n) is 9.86. The molecule has 2 aliphatic rings. The van der Waals surface area contributed by atoms with E-state index in [-0.39, 0.29) is 5.92 Å². The maximum atomic E-state index is 13.0. The van der Waals surface area contributed by atoms with Gasteiger partial charge in [-0.25, -0.2) is 4.98 Å². The molecule has 0 spiro atoms. The molecule has 4 heterocycles. The molecule has 0 aromatic carbocycles. The zero-order chi connectivity index (χ0) is 18.5. The zero-order valence-corrected chi connectivity index (χ0v) is 15.7. The second kappa shape index (κ2) is 8.67. The molecule has 2 aromatic heterocycles. The topological polar surface area (TPSA) is 70.6 Å². The lowest BCUT2D eigenvalue weighted by molar-refractivity contribution is -0.139. The van der Waals surface area contributed by atoms with E-state index in [9.17, 15) is 4.79 Å². The first-order chi connectivity index (χ1) is 13.3. The number of carbonyl (C=O) groups excluding carboxylic acids is 1. The van der Waals surface area contributed by atoms with Crippen LogP contribution < -0.4 is 0 Å². The van der Waals surface area contributed by atoms with Gasteiger partial charge in [-0.15, -0.1) is 0 Å². The van der Waals surface area contributed by atoms with Crippen molar-refractivity contribution in [2.45, 2.75) is 25.9 Å². The minimum atomic E-state index is 0.121. The Morgan fingerprint density at radius 3 is 2.78 bits per heavy atom. The molecule has 1 unspecified atom stereocenters. The van der Waals surface area contributed by atoms with Crippen LogP contribution in [0.15, 0.2) is 35.5 Å². The highest BCUT2D eigenvalue weighted by Crippen LogP contribution is 2.21. The molecular weight excluding hydrogens is 344 g/mol. The van der Waals surface area contributed by atoms with Crippen LogP contribution in [-0.4, -0.2) is 81.2 Å². The Morgan fingerprint density at radius 1 is 1.15 bits per heavy atom. The van der Waals surface area contributed by atoms with Gasteiger partial charge in [0.1, 0.15) is 18.4 Å². The Morgan fingerprint density at radius 2 is 2.04 bits per heavy atom. The molecule has 2 aliphatic heterocycles. The second-order valence-corrected chi connectivity index (χ2v) is 7.48. The Labute approximate surface area is 159 Å². The first kappa shape index (κ1) is 18.2. The number of hydrogen-bond acceptors (Lipinski definition) is 6. The summed E-state index contributed by atoms with van der Waals surface area (Å²) in [6.45, 7) is 7.99. The number of aromatic nitrogens is 3. The molecule has 4 rings (SSSR count). The standard InChI is InChI=1S/C19H28N6O2/c26-19(17-3-1-5-23(13-17)14-18-4-2-12-27-18)24-9-6-22(7-10-24)8-11-25-16-20-15-21-25/h2,4,12,15-17H,1,3,5-11,13-14H2. The van der Waals surface area contributed by atoms with Gasteiger partial charge in [0, 0.05) is 39.3 Å². The van der Waals surface area contributed by atoms with Gasteiger partial charge in [0.2, 0.25) is 5.91 Å². The summed E-state index contributed by atoms with van der Waals surface area (Å²) in [5.41, 5.74) is 0. The van der Waals surface area contributed by atoms with Gasteiger partial charge in [-0.3, -0.25) is 19.3 Å². The second-order valence-electron chi connectivity index (χ2n) is 7.48. The summed E-state index contributed by atoms with van der Waals surface area (Å²) in [6, 6.07) is 3.92. The van der Waals surface area contributed by atoms with E-state index in [4.69, 9.17) is 4.42 Å². The molecule has 146 valence electrons. The van der Waals surface area contributed by atoms with Gasteiger partial charge in [-0.2, -0.15) is 5.10 Å². The van der Waals surface area contributed by atoms with Gasteiger partial charge in [-0.1, -0.05) is 0 Å². The summed E-state index contributed by atoms with van der Waals surface area (Å²) in [5.74, 6) is 1.43. The van der Waals surface area contributed by atoms with Crippen molar-refractivity contribution in [3.05, 3.63) is 36.8 Å². The van der Waals surface area contributed by atoms with E-state index in [1.165, 1.54) is 0 Å². The van der Waals surface area contributed by atoms with Crippen LogP contribution in [0.25, 0.3) is 0 Å². The lowest BCUT2D eigenvalue weighted by atomic mass is 9.96. The number of piperazine rings is 1. The number of carbonyl (C=O) groups is 1. The lowest BCUT2D eigenvalue weighted by Gasteiger charge is -2.38. The van der Waals surface area contributed by atoms with Crippen LogP contribution in [0.1, 0.15) is 18.6 Å². The van der Waals surface area contributed by atoms with Crippen LogP contribution in [0.3, 0.4) is 0 Å². The molecule has 0 aliphatic carbocycles. The summed E-state index contributed by atoms with van der Waals surface area (Å²) in [7, 11) is 0. The van der Waals surface area contributed by atoms with Crippen molar-refractivity contribution in [3.8, 4) is 0 Å². The van der Waals surface area contributed by atoms with Crippen LogP contribution >= 0.6 is 0 Å². The van der Waals surface area contributed by atoms with E-state index in [0.29, 0.717) is 5.91 Å². The molecule has 0 bridgehead atoms. The van der Waals surface area contributed by atoms with E-state index in [2.05, 4.69) is 24.8 Å². The molecular formula is C19H28N6O2. The summed E-state index contributed by atoms with van der Waals surface area (Å²) in [4.78, 5) is 23.8. The molecule has 8 heteroatoms. The highest BCUT2D eigenvalue weighted by atomic mass is 16.3. The summed E-state index contributed by atoms with van der Waals surface area (Å²) >= 11 is 0. The molecule has 2 aromatic rings. The fourth-order valence-electron chi connectivity index (χ4n) is 4.07. The molecule has 1 amide bonds. The number of hydrogen-bond donors (Lipinski definition) is 0. The van der Waals surface area contributed by atoms with Crippen LogP contribution in [0.5, 0.6) is 0 Å². The van der Waals surface area contributed by atoms with Gasteiger partial charge in [0.15, 0.2) is 0 Å². The number of amides is 1. The van der Waals surface area contributed by atoms with Crippen LogP contribution in [0.2, 0.25) is 0 Å². The van der Waals surface area contributed by atoms with Gasteiger partial charge in [0.25, 0.3) is 0 Å². The minimum Gasteiger partial charge on any atom is -0.468 e. The van der Waals surface area contributed by atoms with Crippen molar-refractivity contribution in [2.24, 2.45) is 5.92 Å². The van der Waals surface area contributed by atoms with Crippen molar-refractivity contribution in [3.63, 3.8) is 0 Å². The molecule has 0 N–H and O–H groups in total. The van der Waals surface area contributed by atoms with E-state index in [0.717, 1.165) is 77.5 Å². The molecule has 0 saturated carbocycles. The van der Waals surface area contributed by atoms with Crippen molar-refractivity contribution in [1.82, 2.24) is 29.5 Å². The summed E-state index contributed by atoms with van der Waals surface area (Å²) in [6.07, 6.45) is 7.10. The SMILES string of the molecule is O=C(C1CCCN(Cc2ccco2)C1)N1CCN(CCn2cncn2)CC1. The zero-order valence-electron chi connectivity index (χ0n) is 15.7. The van der Waals surface area contributed by atoms with Gasteiger partial charge in [0.05, 0.1) is 25.3 Å². The average Bonchev–Trinajstić information content (AvgIpc) is 3.41. The Balaban J connectivity index is 1.22. The van der Waals surface area contributed by atoms with Crippen LogP contribution in [-0.2, 0) is 17.9 Å². The lowest BCUT2D eigenvalue weighted by Crippen LogP contribution is -2.52. The van der Waals surface area contributed by atoms with Crippen molar-refractivity contribution in [2.75, 3.05) is 45.8 Å². The molecule has 2 saturated heterocycles. The predicted octanol–water partition coefficient (Wildman–Crippen LogP) is 0.928. The molecule has 27 heavy (non-hydrogen) atoms. The normalized spacial score (nSPS) is 22.2. The number of nitrogens with zero attached hydrogens (tertiary/aromatic N) is 6. The Bertz CT molecular complexity index is 694. The van der Waals surface area contributed by atoms with Crippen molar-refractivity contribution in [1.29, 1.82) is 0 Å². The fourth-order valence-corrected chi connectivity index (χ4v) is 4.07. The molecule has 0 radical (unpaired) electrons. The smallest absolute Gasteiger partial charge is 0.227 e. The third-order valence-corrected chi connectivity index (χ3v) is 5.61. The monoisotopic (exact) mass is 372 g/mol. The third kappa shape index (κ3) is 4.75. The minimum absolute atomic E-state index is 0.121. The van der Waals surface area contributed by atoms with Crippen LogP contribution in [0, 0.1) is 5.92 Å². The first-order valence-corrected chi connectivity index (χ1v) is 9.86.